The summed E-state index contributed by atoms with van der Waals surface area (Å²) in [5.74, 6) is -0.136. The predicted octanol–water partition coefficient (Wildman–Crippen LogP) is 4.73. The number of amides is 1. The topological polar surface area (TPSA) is 92.2 Å². The normalized spacial score (nSPS) is 11.8. The zero-order chi connectivity index (χ0) is 21.5. The molecule has 1 amide bonds. The van der Waals surface area contributed by atoms with Gasteiger partial charge >= 0.3 is 0 Å². The third-order valence-electron chi connectivity index (χ3n) is 4.43. The second-order valence-electron chi connectivity index (χ2n) is 6.37. The lowest BCUT2D eigenvalue weighted by atomic mass is 10.1. The Kier molecular flexibility index (Phi) is 6.92. The van der Waals surface area contributed by atoms with Crippen molar-refractivity contribution in [2.45, 2.75) is 13.0 Å². The molecule has 2 aromatic carbocycles. The van der Waals surface area contributed by atoms with Crippen LogP contribution in [0.15, 0.2) is 58.9 Å². The van der Waals surface area contributed by atoms with Crippen LogP contribution in [-0.4, -0.2) is 31.6 Å². The van der Waals surface area contributed by atoms with Gasteiger partial charge in [-0.2, -0.15) is 0 Å². The average molecular weight is 426 g/mol. The molecule has 0 saturated carbocycles. The van der Waals surface area contributed by atoms with Crippen molar-refractivity contribution in [1.82, 2.24) is 5.32 Å². The second kappa shape index (κ2) is 9.80. The van der Waals surface area contributed by atoms with Crippen LogP contribution in [-0.2, 0) is 0 Å². The molecule has 1 unspecified atom stereocenters. The van der Waals surface area contributed by atoms with Crippen LogP contribution in [0.5, 0.6) is 17.2 Å². The van der Waals surface area contributed by atoms with E-state index in [0.717, 1.165) is 16.3 Å². The molecule has 0 saturated heterocycles. The van der Waals surface area contributed by atoms with E-state index in [1.54, 1.807) is 17.7 Å². The number of phenols is 1. The molecular weight excluding hydrogens is 402 g/mol. The minimum absolute atomic E-state index is 0.149. The molecule has 0 aliphatic rings. The SMILES string of the molecule is COc1cc(C(=O)NC(C)c2ccccc2N/C=N/c2cccs2)cc(OC)c1O. The molecule has 3 aromatic rings. The van der Waals surface area contributed by atoms with Crippen LogP contribution >= 0.6 is 11.3 Å². The maximum absolute atomic E-state index is 12.8. The number of aromatic hydroxyl groups is 1. The van der Waals surface area contributed by atoms with Crippen molar-refractivity contribution in [3.8, 4) is 17.2 Å². The van der Waals surface area contributed by atoms with Gasteiger partial charge in [0.15, 0.2) is 11.5 Å². The van der Waals surface area contributed by atoms with Crippen LogP contribution < -0.4 is 20.1 Å². The van der Waals surface area contributed by atoms with Crippen LogP contribution in [0.25, 0.3) is 0 Å². The number of nitrogens with one attached hydrogen (secondary N) is 2. The van der Waals surface area contributed by atoms with Crippen molar-refractivity contribution in [3.05, 3.63) is 65.0 Å². The van der Waals surface area contributed by atoms with Gasteiger partial charge in [-0.05, 0) is 48.2 Å². The van der Waals surface area contributed by atoms with Crippen molar-refractivity contribution in [1.29, 1.82) is 0 Å². The minimum atomic E-state index is -0.318. The lowest BCUT2D eigenvalue weighted by molar-refractivity contribution is 0.0939. The molecular formula is C22H23N3O4S. The van der Waals surface area contributed by atoms with Gasteiger partial charge in [0.05, 0.1) is 26.6 Å². The molecule has 30 heavy (non-hydrogen) atoms. The number of carbonyl (C=O) groups excluding carboxylic acids is 1. The van der Waals surface area contributed by atoms with Crippen LogP contribution in [0.1, 0.15) is 28.9 Å². The fourth-order valence-corrected chi connectivity index (χ4v) is 3.46. The molecule has 0 aliphatic heterocycles. The quantitative estimate of drug-likeness (QED) is 0.358. The van der Waals surface area contributed by atoms with Gasteiger partial charge in [0.2, 0.25) is 5.75 Å². The van der Waals surface area contributed by atoms with Gasteiger partial charge in [-0.3, -0.25) is 4.79 Å². The Morgan fingerprint density at radius 2 is 1.83 bits per heavy atom. The maximum atomic E-state index is 12.8. The number of ether oxygens (including phenoxy) is 2. The van der Waals surface area contributed by atoms with Crippen molar-refractivity contribution < 1.29 is 19.4 Å². The molecule has 0 spiro atoms. The largest absolute Gasteiger partial charge is 0.502 e. The molecule has 1 heterocycles. The molecule has 156 valence electrons. The van der Waals surface area contributed by atoms with Gasteiger partial charge in [-0.15, -0.1) is 11.3 Å². The van der Waals surface area contributed by atoms with E-state index in [1.165, 1.54) is 26.4 Å². The fourth-order valence-electron chi connectivity index (χ4n) is 2.90. The van der Waals surface area contributed by atoms with E-state index >= 15 is 0 Å². The third kappa shape index (κ3) is 4.90. The molecule has 0 fully saturated rings. The zero-order valence-corrected chi connectivity index (χ0v) is 17.7. The summed E-state index contributed by atoms with van der Waals surface area (Å²) in [4.78, 5) is 17.2. The number of methoxy groups -OCH3 is 2. The van der Waals surface area contributed by atoms with Crippen LogP contribution in [0.4, 0.5) is 10.7 Å². The van der Waals surface area contributed by atoms with E-state index in [2.05, 4.69) is 15.6 Å². The first-order valence-corrected chi connectivity index (χ1v) is 10.1. The Bertz CT molecular complexity index is 1010. The van der Waals surface area contributed by atoms with Gasteiger partial charge in [0, 0.05) is 11.3 Å². The summed E-state index contributed by atoms with van der Waals surface area (Å²) in [5, 5.41) is 19.0. The van der Waals surface area contributed by atoms with E-state index < -0.39 is 0 Å². The first-order chi connectivity index (χ1) is 14.5. The van der Waals surface area contributed by atoms with Gasteiger partial charge < -0.3 is 25.2 Å². The smallest absolute Gasteiger partial charge is 0.252 e. The number of aliphatic imine (C=N–C) groups is 1. The Morgan fingerprint density at radius 1 is 1.13 bits per heavy atom. The summed E-state index contributed by atoms with van der Waals surface area (Å²) < 4.78 is 10.3. The first kappa shape index (κ1) is 21.2. The number of thiophene rings is 1. The highest BCUT2D eigenvalue weighted by Crippen LogP contribution is 2.37. The van der Waals surface area contributed by atoms with Crippen LogP contribution in [0.2, 0.25) is 0 Å². The van der Waals surface area contributed by atoms with Crippen molar-refractivity contribution in [2.75, 3.05) is 19.5 Å². The summed E-state index contributed by atoms with van der Waals surface area (Å²) in [6, 6.07) is 14.2. The highest BCUT2D eigenvalue weighted by atomic mass is 32.1. The molecule has 0 bridgehead atoms. The molecule has 8 heteroatoms. The van der Waals surface area contributed by atoms with Crippen molar-refractivity contribution in [3.63, 3.8) is 0 Å². The fraction of sp³-hybridized carbons (Fsp3) is 0.182. The molecule has 7 nitrogen and oxygen atoms in total. The van der Waals surface area contributed by atoms with E-state index in [4.69, 9.17) is 9.47 Å². The molecule has 1 atom stereocenters. The van der Waals surface area contributed by atoms with Gasteiger partial charge in [0.1, 0.15) is 5.00 Å². The lowest BCUT2D eigenvalue weighted by Crippen LogP contribution is -2.27. The number of rotatable bonds is 8. The number of hydrogen-bond acceptors (Lipinski definition) is 6. The van der Waals surface area contributed by atoms with Crippen LogP contribution in [0, 0.1) is 0 Å². The Labute approximate surface area is 179 Å². The monoisotopic (exact) mass is 425 g/mol. The Hall–Kier alpha value is -3.52. The Morgan fingerprint density at radius 3 is 2.47 bits per heavy atom. The predicted molar refractivity (Wildman–Crippen MR) is 120 cm³/mol. The molecule has 3 rings (SSSR count). The number of anilines is 1. The lowest BCUT2D eigenvalue weighted by Gasteiger charge is -2.18. The minimum Gasteiger partial charge on any atom is -0.502 e. The van der Waals surface area contributed by atoms with E-state index in [0.29, 0.717) is 5.56 Å². The first-order valence-electron chi connectivity index (χ1n) is 9.20. The van der Waals surface area contributed by atoms with E-state index in [9.17, 15) is 9.90 Å². The zero-order valence-electron chi connectivity index (χ0n) is 16.9. The standard InChI is InChI=1S/C22H23N3O4S/c1-14(25-22(27)15-11-18(28-2)21(26)19(12-15)29-3)16-7-4-5-8-17(16)23-13-24-20-9-6-10-30-20/h4-14,26H,1-3H3,(H,23,24)(H,25,27). The number of benzene rings is 2. The molecule has 0 radical (unpaired) electrons. The molecule has 3 N–H and O–H groups in total. The number of nitrogens with zero attached hydrogens (tertiary/aromatic N) is 1. The highest BCUT2D eigenvalue weighted by molar-refractivity contribution is 7.13. The van der Waals surface area contributed by atoms with E-state index in [1.807, 2.05) is 48.7 Å². The number of para-hydroxylation sites is 1. The summed E-state index contributed by atoms with van der Waals surface area (Å²) in [6.07, 6.45) is 1.63. The van der Waals surface area contributed by atoms with Gasteiger partial charge in [0.25, 0.3) is 5.91 Å². The number of phenolic OH excluding ortho intramolecular Hbond substituents is 1. The average Bonchev–Trinajstić information content (AvgIpc) is 3.27. The summed E-state index contributed by atoms with van der Waals surface area (Å²) in [6.45, 7) is 1.89. The highest BCUT2D eigenvalue weighted by Gasteiger charge is 2.18. The summed E-state index contributed by atoms with van der Waals surface area (Å²) in [5.41, 5.74) is 2.06. The number of hydrogen-bond donors (Lipinski definition) is 3. The Balaban J connectivity index is 1.76. The summed E-state index contributed by atoms with van der Waals surface area (Å²) >= 11 is 1.55. The van der Waals surface area contributed by atoms with Crippen molar-refractivity contribution >= 4 is 34.3 Å². The molecule has 0 aliphatic carbocycles. The van der Waals surface area contributed by atoms with Gasteiger partial charge in [-0.25, -0.2) is 4.99 Å². The third-order valence-corrected chi connectivity index (χ3v) is 5.21. The number of carbonyl (C=O) groups is 1. The molecule has 1 aromatic heterocycles. The van der Waals surface area contributed by atoms with Gasteiger partial charge in [-0.1, -0.05) is 18.2 Å². The maximum Gasteiger partial charge on any atom is 0.252 e. The van der Waals surface area contributed by atoms with Crippen molar-refractivity contribution in [2.24, 2.45) is 4.99 Å². The van der Waals surface area contributed by atoms with Crippen LogP contribution in [0.3, 0.4) is 0 Å². The summed E-state index contributed by atoms with van der Waals surface area (Å²) in [7, 11) is 2.83. The van der Waals surface area contributed by atoms with E-state index in [-0.39, 0.29) is 29.2 Å². The second-order valence-corrected chi connectivity index (χ2v) is 7.29.